The summed E-state index contributed by atoms with van der Waals surface area (Å²) >= 11 is 6.12. The smallest absolute Gasteiger partial charge is 0.235 e. The van der Waals surface area contributed by atoms with E-state index >= 15 is 0 Å². The number of anilines is 1. The van der Waals surface area contributed by atoms with Crippen LogP contribution in [0.2, 0.25) is 5.02 Å². The van der Waals surface area contributed by atoms with Crippen molar-refractivity contribution >= 4 is 27.3 Å². The average molecular weight is 314 g/mol. The highest BCUT2D eigenvalue weighted by atomic mass is 35.5. The van der Waals surface area contributed by atoms with Crippen LogP contribution in [0.25, 0.3) is 0 Å². The van der Waals surface area contributed by atoms with Crippen LogP contribution in [0.5, 0.6) is 0 Å². The van der Waals surface area contributed by atoms with Gasteiger partial charge < -0.3 is 5.11 Å². The van der Waals surface area contributed by atoms with Gasteiger partial charge in [-0.05, 0) is 31.0 Å². The second kappa shape index (κ2) is 6.49. The lowest BCUT2D eigenvalue weighted by Crippen LogP contribution is -2.38. The average Bonchev–Trinajstić information content (AvgIpc) is 2.41. The van der Waals surface area contributed by atoms with Crippen LogP contribution in [-0.4, -0.2) is 32.4 Å². The summed E-state index contributed by atoms with van der Waals surface area (Å²) in [6.07, 6.45) is 1.91. The molecule has 0 amide bonds. The first-order valence-electron chi connectivity index (χ1n) is 6.44. The molecule has 1 saturated heterocycles. The van der Waals surface area contributed by atoms with E-state index in [1.807, 2.05) is 0 Å². The molecule has 108 valence electrons. The maximum absolute atomic E-state index is 12.1. The molecule has 0 unspecified atom stereocenters. The molecule has 0 aromatic heterocycles. The number of rotatable bonds is 2. The predicted octanol–water partition coefficient (Wildman–Crippen LogP) is 2.00. The predicted molar refractivity (Wildman–Crippen MR) is 80.4 cm³/mol. The summed E-state index contributed by atoms with van der Waals surface area (Å²) < 4.78 is 25.6. The third kappa shape index (κ3) is 3.45. The van der Waals surface area contributed by atoms with Crippen LogP contribution in [-0.2, 0) is 10.0 Å². The summed E-state index contributed by atoms with van der Waals surface area (Å²) in [6, 6.07) is 5.09. The zero-order chi connectivity index (χ0) is 14.6. The lowest BCUT2D eigenvalue weighted by molar-refractivity contribution is 0.305. The summed E-state index contributed by atoms with van der Waals surface area (Å²) in [4.78, 5) is 0. The van der Waals surface area contributed by atoms with Crippen molar-refractivity contribution in [3.63, 3.8) is 0 Å². The van der Waals surface area contributed by atoms with Crippen LogP contribution >= 0.6 is 11.6 Å². The quantitative estimate of drug-likeness (QED) is 0.850. The van der Waals surface area contributed by atoms with Gasteiger partial charge in [-0.1, -0.05) is 23.4 Å². The van der Waals surface area contributed by atoms with E-state index in [0.717, 1.165) is 6.42 Å². The number of hydrogen-bond donors (Lipinski definition) is 1. The monoisotopic (exact) mass is 313 g/mol. The molecule has 0 aliphatic carbocycles. The van der Waals surface area contributed by atoms with E-state index in [1.165, 1.54) is 4.31 Å². The Morgan fingerprint density at radius 2 is 2.15 bits per heavy atom. The highest BCUT2D eigenvalue weighted by molar-refractivity contribution is 7.92. The van der Waals surface area contributed by atoms with Gasteiger partial charge in [-0.15, -0.1) is 0 Å². The molecule has 0 saturated carbocycles. The number of benzene rings is 1. The van der Waals surface area contributed by atoms with Crippen LogP contribution in [0.3, 0.4) is 0 Å². The highest BCUT2D eigenvalue weighted by Gasteiger charge is 2.27. The Bertz CT molecular complexity index is 646. The van der Waals surface area contributed by atoms with E-state index in [9.17, 15) is 8.42 Å². The molecular weight excluding hydrogens is 298 g/mol. The summed E-state index contributed by atoms with van der Waals surface area (Å²) in [5.74, 6) is 5.86. The summed E-state index contributed by atoms with van der Waals surface area (Å²) in [6.45, 7) is 0.462. The van der Waals surface area contributed by atoms with E-state index in [4.69, 9.17) is 16.7 Å². The Balaban J connectivity index is 2.36. The van der Waals surface area contributed by atoms with Gasteiger partial charge in [0.05, 0.1) is 23.1 Å². The molecule has 1 fully saturated rings. The molecule has 4 nitrogen and oxygen atoms in total. The van der Waals surface area contributed by atoms with E-state index in [0.29, 0.717) is 35.7 Å². The summed E-state index contributed by atoms with van der Waals surface area (Å²) in [5.41, 5.74) is 1.18. The molecule has 2 rings (SSSR count). The van der Waals surface area contributed by atoms with Gasteiger partial charge in [-0.2, -0.15) is 0 Å². The molecule has 0 radical (unpaired) electrons. The first-order chi connectivity index (χ1) is 9.54. The fraction of sp³-hybridized carbons (Fsp3) is 0.429. The molecule has 6 heteroatoms. The lowest BCUT2D eigenvalue weighted by Gasteiger charge is -2.29. The van der Waals surface area contributed by atoms with Gasteiger partial charge in [0, 0.05) is 18.5 Å². The normalized spacial score (nSPS) is 17.4. The molecule has 1 heterocycles. The van der Waals surface area contributed by atoms with Gasteiger partial charge in [0.2, 0.25) is 10.0 Å². The zero-order valence-electron chi connectivity index (χ0n) is 11.0. The number of aliphatic hydroxyl groups is 1. The minimum Gasteiger partial charge on any atom is -0.395 e. The standard InChI is InChI=1S/C14H16ClNO3S/c15-13-7-6-12(5-1-3-9-17)11-14(13)16-8-2-4-10-20(16,18)19/h6-7,11,17H,2-4,8-10H2. The Labute approximate surface area is 124 Å². The Morgan fingerprint density at radius 1 is 1.35 bits per heavy atom. The van der Waals surface area contributed by atoms with Gasteiger partial charge >= 0.3 is 0 Å². The van der Waals surface area contributed by atoms with Crippen LogP contribution in [0, 0.1) is 11.8 Å². The second-order valence-electron chi connectivity index (χ2n) is 4.54. The van der Waals surface area contributed by atoms with E-state index in [-0.39, 0.29) is 12.4 Å². The summed E-state index contributed by atoms with van der Waals surface area (Å²) in [7, 11) is -3.28. The number of halogens is 1. The Morgan fingerprint density at radius 3 is 2.85 bits per heavy atom. The molecule has 1 aliphatic heterocycles. The Kier molecular flexibility index (Phi) is 4.92. The van der Waals surface area contributed by atoms with E-state index in [2.05, 4.69) is 11.8 Å². The zero-order valence-corrected chi connectivity index (χ0v) is 12.5. The van der Waals surface area contributed by atoms with E-state index < -0.39 is 10.0 Å². The van der Waals surface area contributed by atoms with Crippen molar-refractivity contribution in [2.24, 2.45) is 0 Å². The van der Waals surface area contributed by atoms with Gasteiger partial charge in [0.15, 0.2) is 0 Å². The van der Waals surface area contributed by atoms with Crippen molar-refractivity contribution in [3.8, 4) is 11.8 Å². The van der Waals surface area contributed by atoms with Gasteiger partial charge in [0.1, 0.15) is 0 Å². The molecule has 1 aromatic rings. The SMILES string of the molecule is O=S1(=O)CCCCN1c1cc(C#CCCO)ccc1Cl. The maximum atomic E-state index is 12.1. The van der Waals surface area contributed by atoms with Gasteiger partial charge in [-0.25, -0.2) is 8.42 Å². The topological polar surface area (TPSA) is 57.6 Å². The first kappa shape index (κ1) is 15.2. The number of nitrogens with zero attached hydrogens (tertiary/aromatic N) is 1. The van der Waals surface area contributed by atoms with Crippen molar-refractivity contribution in [1.29, 1.82) is 0 Å². The molecule has 20 heavy (non-hydrogen) atoms. The largest absolute Gasteiger partial charge is 0.395 e. The molecule has 0 atom stereocenters. The summed E-state index contributed by atoms with van der Waals surface area (Å²) in [5, 5.41) is 9.11. The fourth-order valence-electron chi connectivity index (χ4n) is 2.06. The molecule has 0 spiro atoms. The Hall–Kier alpha value is -1.22. The maximum Gasteiger partial charge on any atom is 0.235 e. The minimum absolute atomic E-state index is 0.00789. The number of aliphatic hydroxyl groups excluding tert-OH is 1. The van der Waals surface area contributed by atoms with Crippen LogP contribution in [0.15, 0.2) is 18.2 Å². The van der Waals surface area contributed by atoms with Crippen LogP contribution in [0.1, 0.15) is 24.8 Å². The van der Waals surface area contributed by atoms with Crippen molar-refractivity contribution < 1.29 is 13.5 Å². The minimum atomic E-state index is -3.28. The highest BCUT2D eigenvalue weighted by Crippen LogP contribution is 2.31. The fourth-order valence-corrected chi connectivity index (χ4v) is 3.98. The van der Waals surface area contributed by atoms with Gasteiger partial charge in [0.25, 0.3) is 0 Å². The van der Waals surface area contributed by atoms with Crippen LogP contribution < -0.4 is 4.31 Å². The molecule has 1 N–H and O–H groups in total. The third-order valence-electron chi connectivity index (χ3n) is 3.03. The first-order valence-corrected chi connectivity index (χ1v) is 8.43. The number of hydrogen-bond acceptors (Lipinski definition) is 3. The second-order valence-corrected chi connectivity index (χ2v) is 6.96. The van der Waals surface area contributed by atoms with Crippen LogP contribution in [0.4, 0.5) is 5.69 Å². The molecule has 0 bridgehead atoms. The van der Waals surface area contributed by atoms with Crippen molar-refractivity contribution in [1.82, 2.24) is 0 Å². The lowest BCUT2D eigenvalue weighted by atomic mass is 10.2. The van der Waals surface area contributed by atoms with Crippen molar-refractivity contribution in [2.75, 3.05) is 23.2 Å². The molecule has 1 aromatic carbocycles. The molecular formula is C14H16ClNO3S. The van der Waals surface area contributed by atoms with Crippen molar-refractivity contribution in [2.45, 2.75) is 19.3 Å². The third-order valence-corrected chi connectivity index (χ3v) is 5.21. The van der Waals surface area contributed by atoms with Gasteiger partial charge in [-0.3, -0.25) is 4.31 Å². The van der Waals surface area contributed by atoms with E-state index in [1.54, 1.807) is 18.2 Å². The molecule has 1 aliphatic rings. The number of sulfonamides is 1. The van der Waals surface area contributed by atoms with Crippen molar-refractivity contribution in [3.05, 3.63) is 28.8 Å².